The molecule has 1 N–H and O–H groups in total. The fourth-order valence-corrected chi connectivity index (χ4v) is 2.64. The summed E-state index contributed by atoms with van der Waals surface area (Å²) in [5.41, 5.74) is 0. The summed E-state index contributed by atoms with van der Waals surface area (Å²) in [6.07, 6.45) is 6.35. The molecule has 0 rings (SSSR count). The average molecular weight is 228 g/mol. The number of nitrogens with zero attached hydrogens (tertiary/aromatic N) is 1. The highest BCUT2D eigenvalue weighted by atomic mass is 15.2. The maximum absolute atomic E-state index is 3.49. The number of likely N-dealkylation sites (N-methyl/N-ethyl adjacent to an activating group) is 2. The quantitative estimate of drug-likeness (QED) is 0.651. The molecule has 0 aliphatic heterocycles. The summed E-state index contributed by atoms with van der Waals surface area (Å²) in [5.74, 6) is 0. The van der Waals surface area contributed by atoms with Crippen molar-refractivity contribution in [2.24, 2.45) is 0 Å². The molecule has 0 aliphatic carbocycles. The summed E-state index contributed by atoms with van der Waals surface area (Å²) in [6.45, 7) is 9.20. The van der Waals surface area contributed by atoms with Crippen molar-refractivity contribution in [3.63, 3.8) is 0 Å². The van der Waals surface area contributed by atoms with Gasteiger partial charge < -0.3 is 5.32 Å². The van der Waals surface area contributed by atoms with E-state index >= 15 is 0 Å². The summed E-state index contributed by atoms with van der Waals surface area (Å²) >= 11 is 0. The van der Waals surface area contributed by atoms with Crippen molar-refractivity contribution in [3.8, 4) is 0 Å². The zero-order chi connectivity index (χ0) is 12.6. The third-order valence-electron chi connectivity index (χ3n) is 3.78. The largest absolute Gasteiger partial charge is 0.315 e. The molecule has 0 saturated carbocycles. The van der Waals surface area contributed by atoms with E-state index in [1.165, 1.54) is 32.1 Å². The molecule has 0 aromatic rings. The highest BCUT2D eigenvalue weighted by molar-refractivity contribution is 4.83. The van der Waals surface area contributed by atoms with Crippen LogP contribution in [0.1, 0.15) is 59.8 Å². The molecule has 0 saturated heterocycles. The van der Waals surface area contributed by atoms with Crippen LogP contribution >= 0.6 is 0 Å². The molecule has 0 fully saturated rings. The van der Waals surface area contributed by atoms with Crippen LogP contribution in [0.3, 0.4) is 0 Å². The molecule has 0 aliphatic rings. The van der Waals surface area contributed by atoms with Gasteiger partial charge in [-0.15, -0.1) is 0 Å². The van der Waals surface area contributed by atoms with Gasteiger partial charge in [0.2, 0.25) is 0 Å². The molecule has 2 nitrogen and oxygen atoms in total. The molecule has 16 heavy (non-hydrogen) atoms. The Balaban J connectivity index is 4.42. The van der Waals surface area contributed by atoms with Gasteiger partial charge in [0.1, 0.15) is 0 Å². The van der Waals surface area contributed by atoms with Crippen molar-refractivity contribution in [1.82, 2.24) is 10.2 Å². The van der Waals surface area contributed by atoms with E-state index < -0.39 is 0 Å². The molecule has 0 heterocycles. The van der Waals surface area contributed by atoms with Crippen LogP contribution in [0, 0.1) is 0 Å². The summed E-state index contributed by atoms with van der Waals surface area (Å²) in [5, 5.41) is 3.49. The van der Waals surface area contributed by atoms with Crippen molar-refractivity contribution in [1.29, 1.82) is 0 Å². The maximum Gasteiger partial charge on any atom is 0.0246 e. The average Bonchev–Trinajstić information content (AvgIpc) is 2.28. The van der Waals surface area contributed by atoms with Gasteiger partial charge in [-0.2, -0.15) is 0 Å². The van der Waals surface area contributed by atoms with Crippen LogP contribution in [0.2, 0.25) is 0 Å². The lowest BCUT2D eigenvalue weighted by Gasteiger charge is -2.37. The van der Waals surface area contributed by atoms with Gasteiger partial charge in [0.25, 0.3) is 0 Å². The Morgan fingerprint density at radius 2 is 1.62 bits per heavy atom. The normalized spacial score (nSPS) is 17.4. The first-order valence-corrected chi connectivity index (χ1v) is 7.01. The second-order valence-corrected chi connectivity index (χ2v) is 4.96. The van der Waals surface area contributed by atoms with Crippen LogP contribution in [0.15, 0.2) is 0 Å². The Hall–Kier alpha value is -0.0800. The summed E-state index contributed by atoms with van der Waals surface area (Å²) < 4.78 is 0. The smallest absolute Gasteiger partial charge is 0.0246 e. The van der Waals surface area contributed by atoms with Gasteiger partial charge in [0, 0.05) is 18.1 Å². The Labute approximate surface area is 103 Å². The molecule has 0 aromatic carbocycles. The van der Waals surface area contributed by atoms with Crippen LogP contribution in [-0.4, -0.2) is 37.1 Å². The lowest BCUT2D eigenvalue weighted by atomic mass is 9.97. The van der Waals surface area contributed by atoms with Gasteiger partial charge in [-0.05, 0) is 40.3 Å². The standard InChI is InChI=1S/C14H32N2/c1-7-10-12(4)16(6)14(9-3)13(15-5)11-8-2/h12-15H,7-11H2,1-6H3. The third-order valence-corrected chi connectivity index (χ3v) is 3.78. The van der Waals surface area contributed by atoms with E-state index in [0.717, 1.165) is 0 Å². The number of hydrogen-bond donors (Lipinski definition) is 1. The van der Waals surface area contributed by atoms with E-state index in [0.29, 0.717) is 18.1 Å². The lowest BCUT2D eigenvalue weighted by Crippen LogP contribution is -2.50. The number of nitrogens with one attached hydrogen (secondary N) is 1. The minimum absolute atomic E-state index is 0.638. The van der Waals surface area contributed by atoms with E-state index in [-0.39, 0.29) is 0 Å². The van der Waals surface area contributed by atoms with Crippen molar-refractivity contribution >= 4 is 0 Å². The van der Waals surface area contributed by atoms with Gasteiger partial charge in [0.05, 0.1) is 0 Å². The molecule has 3 unspecified atom stereocenters. The minimum atomic E-state index is 0.638. The monoisotopic (exact) mass is 228 g/mol. The topological polar surface area (TPSA) is 15.3 Å². The van der Waals surface area contributed by atoms with Crippen LogP contribution in [-0.2, 0) is 0 Å². The number of hydrogen-bond acceptors (Lipinski definition) is 2. The SMILES string of the molecule is CCCC(NC)C(CC)N(C)C(C)CCC. The maximum atomic E-state index is 3.49. The fourth-order valence-electron chi connectivity index (χ4n) is 2.64. The summed E-state index contributed by atoms with van der Waals surface area (Å²) in [6, 6.07) is 2.01. The third kappa shape index (κ3) is 4.84. The van der Waals surface area contributed by atoms with E-state index in [1.54, 1.807) is 0 Å². The van der Waals surface area contributed by atoms with Gasteiger partial charge in [-0.25, -0.2) is 0 Å². The molecule has 3 atom stereocenters. The van der Waals surface area contributed by atoms with E-state index in [1.807, 2.05) is 0 Å². The van der Waals surface area contributed by atoms with Crippen LogP contribution < -0.4 is 5.32 Å². The van der Waals surface area contributed by atoms with Gasteiger partial charge in [0.15, 0.2) is 0 Å². The first-order valence-electron chi connectivity index (χ1n) is 7.01. The molecule has 0 aromatic heterocycles. The molecule has 0 spiro atoms. The van der Waals surface area contributed by atoms with Gasteiger partial charge in [-0.1, -0.05) is 33.6 Å². The summed E-state index contributed by atoms with van der Waals surface area (Å²) in [7, 11) is 4.38. The van der Waals surface area contributed by atoms with Crippen LogP contribution in [0.25, 0.3) is 0 Å². The van der Waals surface area contributed by atoms with Crippen molar-refractivity contribution in [2.45, 2.75) is 77.9 Å². The summed E-state index contributed by atoms with van der Waals surface area (Å²) in [4.78, 5) is 2.57. The van der Waals surface area contributed by atoms with Crippen LogP contribution in [0.4, 0.5) is 0 Å². The zero-order valence-electron chi connectivity index (χ0n) is 12.2. The Bertz CT molecular complexity index is 159. The highest BCUT2D eigenvalue weighted by Crippen LogP contribution is 2.16. The molecule has 2 heteroatoms. The molecular weight excluding hydrogens is 196 g/mol. The predicted octanol–water partition coefficient (Wildman–Crippen LogP) is 3.27. The lowest BCUT2D eigenvalue weighted by molar-refractivity contribution is 0.134. The van der Waals surface area contributed by atoms with E-state index in [4.69, 9.17) is 0 Å². The second-order valence-electron chi connectivity index (χ2n) is 4.96. The zero-order valence-corrected chi connectivity index (χ0v) is 12.2. The fraction of sp³-hybridized carbons (Fsp3) is 1.00. The Morgan fingerprint density at radius 3 is 2.00 bits per heavy atom. The first kappa shape index (κ1) is 15.9. The van der Waals surface area contributed by atoms with Gasteiger partial charge in [-0.3, -0.25) is 4.90 Å². The highest BCUT2D eigenvalue weighted by Gasteiger charge is 2.24. The molecule has 0 amide bonds. The predicted molar refractivity (Wildman–Crippen MR) is 74.0 cm³/mol. The Kier molecular flexibility index (Phi) is 8.96. The van der Waals surface area contributed by atoms with Crippen LogP contribution in [0.5, 0.6) is 0 Å². The Morgan fingerprint density at radius 1 is 1.06 bits per heavy atom. The first-order chi connectivity index (χ1) is 7.62. The van der Waals surface area contributed by atoms with Gasteiger partial charge >= 0.3 is 0 Å². The van der Waals surface area contributed by atoms with Crippen molar-refractivity contribution < 1.29 is 0 Å². The molecule has 98 valence electrons. The van der Waals surface area contributed by atoms with Crippen molar-refractivity contribution in [2.75, 3.05) is 14.1 Å². The van der Waals surface area contributed by atoms with E-state index in [2.05, 4.69) is 52.0 Å². The van der Waals surface area contributed by atoms with Crippen molar-refractivity contribution in [3.05, 3.63) is 0 Å². The second kappa shape index (κ2) is 9.00. The molecular formula is C14H32N2. The minimum Gasteiger partial charge on any atom is -0.315 e. The molecule has 0 bridgehead atoms. The van der Waals surface area contributed by atoms with E-state index in [9.17, 15) is 0 Å². The molecule has 0 radical (unpaired) electrons. The number of rotatable bonds is 9.